The number of ether oxygens (including phenoxy) is 2. The van der Waals surface area contributed by atoms with Gasteiger partial charge in [0.15, 0.2) is 0 Å². The number of rotatable bonds is 11. The van der Waals surface area contributed by atoms with E-state index in [1.807, 2.05) is 32.0 Å². The van der Waals surface area contributed by atoms with Gasteiger partial charge in [-0.25, -0.2) is 0 Å². The van der Waals surface area contributed by atoms with Gasteiger partial charge in [-0.05, 0) is 63.8 Å². The van der Waals surface area contributed by atoms with Crippen LogP contribution in [0.2, 0.25) is 0 Å². The molecule has 0 spiro atoms. The molecule has 0 saturated carbocycles. The predicted octanol–water partition coefficient (Wildman–Crippen LogP) is 5.49. The molecular weight excluding hydrogens is 314 g/mol. The number of nitrogens with one attached hydrogen (secondary N) is 1. The van der Waals surface area contributed by atoms with Gasteiger partial charge in [-0.2, -0.15) is 0 Å². The molecule has 1 aromatic rings. The number of hydrogen-bond donors (Lipinski definition) is 1. The first kappa shape index (κ1) is 21.5. The van der Waals surface area contributed by atoms with Gasteiger partial charge in [-0.3, -0.25) is 4.79 Å². The van der Waals surface area contributed by atoms with Crippen LogP contribution >= 0.6 is 0 Å². The van der Waals surface area contributed by atoms with Gasteiger partial charge in [0.1, 0.15) is 11.4 Å². The van der Waals surface area contributed by atoms with Gasteiger partial charge in [0.25, 0.3) is 5.91 Å². The normalized spacial score (nSPS) is 14.6. The minimum absolute atomic E-state index is 0.0793. The summed E-state index contributed by atoms with van der Waals surface area (Å²) >= 11 is 0. The second-order valence-electron chi connectivity index (χ2n) is 6.95. The first-order valence-electron chi connectivity index (χ1n) is 9.59. The van der Waals surface area contributed by atoms with Gasteiger partial charge >= 0.3 is 0 Å². The predicted molar refractivity (Wildman–Crippen MR) is 104 cm³/mol. The number of anilines is 1. The maximum Gasteiger partial charge on any atom is 0.256 e. The van der Waals surface area contributed by atoms with Crippen LogP contribution < -0.4 is 10.1 Å². The van der Waals surface area contributed by atoms with Crippen molar-refractivity contribution in [3.63, 3.8) is 0 Å². The molecule has 25 heavy (non-hydrogen) atoms. The Balaban J connectivity index is 2.83. The highest BCUT2D eigenvalue weighted by molar-refractivity contribution is 5.97. The summed E-state index contributed by atoms with van der Waals surface area (Å²) in [6, 6.07) is 5.77. The molecule has 4 nitrogen and oxygen atoms in total. The van der Waals surface area contributed by atoms with Crippen molar-refractivity contribution >= 4 is 11.6 Å². The summed E-state index contributed by atoms with van der Waals surface area (Å²) in [5.41, 5.74) is 1.01. The molecule has 2 atom stereocenters. The lowest BCUT2D eigenvalue weighted by Gasteiger charge is -2.28. The van der Waals surface area contributed by atoms with Gasteiger partial charge < -0.3 is 14.8 Å². The summed E-state index contributed by atoms with van der Waals surface area (Å²) in [6.07, 6.45) is 4.77. The van der Waals surface area contributed by atoms with Crippen LogP contribution in [0.4, 0.5) is 5.69 Å². The molecule has 0 aromatic heterocycles. The molecule has 4 heteroatoms. The van der Waals surface area contributed by atoms with Crippen LogP contribution in [0.15, 0.2) is 18.2 Å². The average molecular weight is 350 g/mol. The van der Waals surface area contributed by atoms with E-state index >= 15 is 0 Å². The smallest absolute Gasteiger partial charge is 0.256 e. The highest BCUT2D eigenvalue weighted by Gasteiger charge is 2.33. The van der Waals surface area contributed by atoms with Crippen LogP contribution in [-0.4, -0.2) is 24.2 Å². The molecule has 0 fully saturated rings. The SMILES string of the molecule is CCCC[C@@](C)(OCCC)C(=O)Nc1ccc(O[C@@H](C)CC)c(C)c1. The molecule has 0 aliphatic heterocycles. The van der Waals surface area contributed by atoms with E-state index in [0.717, 1.165) is 49.1 Å². The Morgan fingerprint density at radius 2 is 1.96 bits per heavy atom. The van der Waals surface area contributed by atoms with Gasteiger partial charge in [0.05, 0.1) is 6.10 Å². The van der Waals surface area contributed by atoms with Crippen molar-refractivity contribution in [2.75, 3.05) is 11.9 Å². The topological polar surface area (TPSA) is 47.6 Å². The Labute approximate surface area is 153 Å². The lowest BCUT2D eigenvalue weighted by molar-refractivity contribution is -0.140. The Morgan fingerprint density at radius 1 is 1.24 bits per heavy atom. The van der Waals surface area contributed by atoms with E-state index in [2.05, 4.69) is 33.0 Å². The molecule has 142 valence electrons. The summed E-state index contributed by atoms with van der Waals surface area (Å²) in [5.74, 6) is 0.785. The number of amides is 1. The van der Waals surface area contributed by atoms with Crippen LogP contribution in [0.3, 0.4) is 0 Å². The van der Waals surface area contributed by atoms with Gasteiger partial charge in [0, 0.05) is 12.3 Å². The van der Waals surface area contributed by atoms with E-state index in [9.17, 15) is 4.79 Å². The molecule has 1 amide bonds. The summed E-state index contributed by atoms with van der Waals surface area (Å²) < 4.78 is 11.8. The third kappa shape index (κ3) is 6.69. The molecule has 1 N–H and O–H groups in total. The zero-order chi connectivity index (χ0) is 18.9. The van der Waals surface area contributed by atoms with Crippen molar-refractivity contribution in [1.82, 2.24) is 0 Å². The number of aryl methyl sites for hydroxylation is 1. The van der Waals surface area contributed by atoms with E-state index in [-0.39, 0.29) is 12.0 Å². The molecular formula is C21H35NO3. The molecule has 0 saturated heterocycles. The summed E-state index contributed by atoms with van der Waals surface area (Å²) in [4.78, 5) is 12.8. The monoisotopic (exact) mass is 349 g/mol. The Bertz CT molecular complexity index is 534. The third-order valence-electron chi connectivity index (χ3n) is 4.45. The van der Waals surface area contributed by atoms with Crippen molar-refractivity contribution in [3.8, 4) is 5.75 Å². The fourth-order valence-electron chi connectivity index (χ4n) is 2.52. The largest absolute Gasteiger partial charge is 0.490 e. The number of benzene rings is 1. The summed E-state index contributed by atoms with van der Waals surface area (Å²) in [7, 11) is 0. The summed E-state index contributed by atoms with van der Waals surface area (Å²) in [6.45, 7) is 12.8. The summed E-state index contributed by atoms with van der Waals surface area (Å²) in [5, 5.41) is 3.02. The lowest BCUT2D eigenvalue weighted by atomic mass is 9.97. The zero-order valence-electron chi connectivity index (χ0n) is 16.8. The number of hydrogen-bond acceptors (Lipinski definition) is 3. The Morgan fingerprint density at radius 3 is 2.52 bits per heavy atom. The molecule has 0 bridgehead atoms. The van der Waals surface area contributed by atoms with Crippen molar-refractivity contribution in [3.05, 3.63) is 23.8 Å². The van der Waals surface area contributed by atoms with Crippen molar-refractivity contribution < 1.29 is 14.3 Å². The first-order valence-corrected chi connectivity index (χ1v) is 9.59. The van der Waals surface area contributed by atoms with Crippen LogP contribution in [0.1, 0.15) is 72.3 Å². The lowest BCUT2D eigenvalue weighted by Crippen LogP contribution is -2.43. The van der Waals surface area contributed by atoms with Gasteiger partial charge in [-0.15, -0.1) is 0 Å². The van der Waals surface area contributed by atoms with E-state index in [1.54, 1.807) is 0 Å². The minimum atomic E-state index is -0.786. The molecule has 0 unspecified atom stereocenters. The Hall–Kier alpha value is -1.55. The van der Waals surface area contributed by atoms with Gasteiger partial charge in [0.2, 0.25) is 0 Å². The molecule has 0 aliphatic rings. The third-order valence-corrected chi connectivity index (χ3v) is 4.45. The minimum Gasteiger partial charge on any atom is -0.490 e. The van der Waals surface area contributed by atoms with E-state index in [1.165, 1.54) is 0 Å². The maximum absolute atomic E-state index is 12.8. The number of carbonyl (C=O) groups excluding carboxylic acids is 1. The van der Waals surface area contributed by atoms with E-state index in [0.29, 0.717) is 6.61 Å². The maximum atomic E-state index is 12.8. The Kier molecular flexibility index (Phi) is 8.98. The van der Waals surface area contributed by atoms with Crippen molar-refractivity contribution in [1.29, 1.82) is 0 Å². The molecule has 1 rings (SSSR count). The van der Waals surface area contributed by atoms with E-state index in [4.69, 9.17) is 9.47 Å². The average Bonchev–Trinajstić information content (AvgIpc) is 2.60. The standard InChI is InChI=1S/C21H35NO3/c1-7-10-13-21(6,24-14-8-2)20(23)22-18-11-12-19(16(4)15-18)25-17(5)9-3/h11-12,15,17H,7-10,13-14H2,1-6H3,(H,22,23)/t17-,21+/m0/s1. The van der Waals surface area contributed by atoms with Crippen LogP contribution in [-0.2, 0) is 9.53 Å². The van der Waals surface area contributed by atoms with Crippen LogP contribution in [0.25, 0.3) is 0 Å². The number of carbonyl (C=O) groups is 1. The molecule has 0 aliphatic carbocycles. The second-order valence-corrected chi connectivity index (χ2v) is 6.95. The fraction of sp³-hybridized carbons (Fsp3) is 0.667. The van der Waals surface area contributed by atoms with Crippen LogP contribution in [0, 0.1) is 6.92 Å². The first-order chi connectivity index (χ1) is 11.9. The highest BCUT2D eigenvalue weighted by atomic mass is 16.5. The fourth-order valence-corrected chi connectivity index (χ4v) is 2.52. The number of unbranched alkanes of at least 4 members (excludes halogenated alkanes) is 1. The molecule has 0 radical (unpaired) electrons. The zero-order valence-corrected chi connectivity index (χ0v) is 16.8. The van der Waals surface area contributed by atoms with Crippen LogP contribution in [0.5, 0.6) is 5.75 Å². The van der Waals surface area contributed by atoms with Crippen molar-refractivity contribution in [2.24, 2.45) is 0 Å². The molecule has 1 aromatic carbocycles. The van der Waals surface area contributed by atoms with Gasteiger partial charge in [-0.1, -0.05) is 33.6 Å². The molecule has 0 heterocycles. The van der Waals surface area contributed by atoms with E-state index < -0.39 is 5.60 Å². The highest BCUT2D eigenvalue weighted by Crippen LogP contribution is 2.26. The quantitative estimate of drug-likeness (QED) is 0.575. The van der Waals surface area contributed by atoms with Crippen molar-refractivity contribution in [2.45, 2.75) is 85.4 Å². The second kappa shape index (κ2) is 10.4.